The summed E-state index contributed by atoms with van der Waals surface area (Å²) in [5.74, 6) is 0.0892. The minimum Gasteiger partial charge on any atom is -0.461 e. The predicted molar refractivity (Wildman–Crippen MR) is 95.9 cm³/mol. The molecule has 3 rings (SSSR count). The first kappa shape index (κ1) is 20.1. The number of carbonyl (C=O) groups is 1. The maximum Gasteiger partial charge on any atom is 0.417 e. The smallest absolute Gasteiger partial charge is 0.417 e. The normalized spacial score (nSPS) is 18.3. The van der Waals surface area contributed by atoms with Crippen molar-refractivity contribution in [3.05, 3.63) is 41.3 Å². The van der Waals surface area contributed by atoms with E-state index in [1.54, 1.807) is 13.1 Å². The van der Waals surface area contributed by atoms with Crippen LogP contribution in [0, 0.1) is 0 Å². The van der Waals surface area contributed by atoms with E-state index in [2.05, 4.69) is 20.1 Å². The van der Waals surface area contributed by atoms with Gasteiger partial charge >= 0.3 is 12.1 Å². The maximum absolute atomic E-state index is 12.7. The molecule has 1 aliphatic rings. The molecule has 1 aliphatic heterocycles. The third-order valence-electron chi connectivity index (χ3n) is 4.67. The van der Waals surface area contributed by atoms with Crippen LogP contribution in [0.2, 0.25) is 0 Å². The summed E-state index contributed by atoms with van der Waals surface area (Å²) in [5, 5.41) is 6.62. The molecule has 0 unspecified atom stereocenters. The Hall–Kier alpha value is -2.62. The van der Waals surface area contributed by atoms with Gasteiger partial charge in [-0.05, 0) is 26.0 Å². The molecule has 152 valence electrons. The molecular formula is C18H22F3N5O2. The first-order valence-corrected chi connectivity index (χ1v) is 9.01. The average Bonchev–Trinajstić information content (AvgIpc) is 3.10. The molecule has 2 aromatic rings. The minimum atomic E-state index is -4.39. The molecule has 1 saturated heterocycles. The van der Waals surface area contributed by atoms with E-state index in [0.717, 1.165) is 17.8 Å². The Morgan fingerprint density at radius 2 is 2.11 bits per heavy atom. The molecule has 3 heterocycles. The van der Waals surface area contributed by atoms with Crippen molar-refractivity contribution in [3.63, 3.8) is 0 Å². The van der Waals surface area contributed by atoms with E-state index in [1.165, 1.54) is 6.07 Å². The van der Waals surface area contributed by atoms with Gasteiger partial charge < -0.3 is 9.64 Å². The summed E-state index contributed by atoms with van der Waals surface area (Å²) in [6.07, 6.45) is -1.91. The zero-order chi connectivity index (χ0) is 20.3. The number of aromatic amines is 1. The number of anilines is 1. The zero-order valence-corrected chi connectivity index (χ0v) is 15.7. The van der Waals surface area contributed by atoms with Crippen molar-refractivity contribution in [2.75, 3.05) is 31.1 Å². The number of nitrogens with zero attached hydrogens (tertiary/aromatic N) is 4. The molecule has 1 fully saturated rings. The predicted octanol–water partition coefficient (Wildman–Crippen LogP) is 2.71. The molecule has 7 nitrogen and oxygen atoms in total. The number of rotatable bonds is 5. The van der Waals surface area contributed by atoms with E-state index >= 15 is 0 Å². The third-order valence-corrected chi connectivity index (χ3v) is 4.67. The number of hydrogen-bond donors (Lipinski definition) is 1. The van der Waals surface area contributed by atoms with Gasteiger partial charge in [-0.15, -0.1) is 0 Å². The summed E-state index contributed by atoms with van der Waals surface area (Å²) in [6.45, 7) is 6.52. The van der Waals surface area contributed by atoms with Gasteiger partial charge in [0, 0.05) is 44.0 Å². The van der Waals surface area contributed by atoms with Crippen LogP contribution in [0.5, 0.6) is 0 Å². The number of ether oxygens (including phenoxy) is 1. The third kappa shape index (κ3) is 4.44. The van der Waals surface area contributed by atoms with Crippen LogP contribution in [0.25, 0.3) is 0 Å². The van der Waals surface area contributed by atoms with Crippen LogP contribution in [0.1, 0.15) is 35.5 Å². The summed E-state index contributed by atoms with van der Waals surface area (Å²) in [6, 6.07) is 2.51. The summed E-state index contributed by atoms with van der Waals surface area (Å²) in [4.78, 5) is 20.1. The van der Waals surface area contributed by atoms with Crippen molar-refractivity contribution < 1.29 is 22.7 Å². The quantitative estimate of drug-likeness (QED) is 0.782. The Morgan fingerprint density at radius 1 is 1.32 bits per heavy atom. The van der Waals surface area contributed by atoms with Crippen LogP contribution in [0.4, 0.5) is 19.0 Å². The Morgan fingerprint density at radius 3 is 2.71 bits per heavy atom. The number of carbonyl (C=O) groups excluding carboxylic acids is 1. The Labute approximate surface area is 160 Å². The number of nitrogens with one attached hydrogen (secondary N) is 1. The molecule has 1 atom stereocenters. The number of pyridine rings is 1. The van der Waals surface area contributed by atoms with Crippen molar-refractivity contribution in [1.82, 2.24) is 20.1 Å². The van der Waals surface area contributed by atoms with Crippen molar-refractivity contribution in [2.24, 2.45) is 0 Å². The highest BCUT2D eigenvalue weighted by Gasteiger charge is 2.32. The maximum atomic E-state index is 12.7. The van der Waals surface area contributed by atoms with Crippen LogP contribution in [-0.2, 0) is 17.5 Å². The van der Waals surface area contributed by atoms with E-state index in [0.29, 0.717) is 37.7 Å². The van der Waals surface area contributed by atoms with Crippen LogP contribution < -0.4 is 4.90 Å². The van der Waals surface area contributed by atoms with E-state index in [4.69, 9.17) is 4.74 Å². The molecule has 0 aliphatic carbocycles. The number of aromatic nitrogens is 3. The van der Waals surface area contributed by atoms with E-state index in [1.807, 2.05) is 11.8 Å². The van der Waals surface area contributed by atoms with Gasteiger partial charge in [-0.3, -0.25) is 10.00 Å². The molecule has 0 bridgehead atoms. The highest BCUT2D eigenvalue weighted by atomic mass is 19.4. The molecule has 0 saturated carbocycles. The molecule has 0 radical (unpaired) electrons. The largest absolute Gasteiger partial charge is 0.461 e. The second-order valence-corrected chi connectivity index (χ2v) is 6.67. The van der Waals surface area contributed by atoms with Crippen LogP contribution in [-0.4, -0.2) is 58.3 Å². The highest BCUT2D eigenvalue weighted by molar-refractivity contribution is 5.88. The van der Waals surface area contributed by atoms with Gasteiger partial charge in [0.25, 0.3) is 0 Å². The molecule has 1 N–H and O–H groups in total. The van der Waals surface area contributed by atoms with Gasteiger partial charge in [0.1, 0.15) is 11.5 Å². The molecule has 0 amide bonds. The first-order chi connectivity index (χ1) is 13.3. The van der Waals surface area contributed by atoms with Crippen molar-refractivity contribution in [3.8, 4) is 0 Å². The summed E-state index contributed by atoms with van der Waals surface area (Å²) < 4.78 is 43.1. The summed E-state index contributed by atoms with van der Waals surface area (Å²) in [7, 11) is 0. The number of H-pyrrole nitrogens is 1. The number of alkyl halides is 3. The van der Waals surface area contributed by atoms with E-state index in [-0.39, 0.29) is 12.6 Å². The first-order valence-electron chi connectivity index (χ1n) is 9.01. The number of hydrogen-bond acceptors (Lipinski definition) is 6. The van der Waals surface area contributed by atoms with Crippen molar-refractivity contribution in [1.29, 1.82) is 0 Å². The minimum absolute atomic E-state index is 0.0518. The van der Waals surface area contributed by atoms with E-state index < -0.39 is 17.7 Å². The second kappa shape index (κ2) is 8.17. The summed E-state index contributed by atoms with van der Waals surface area (Å²) in [5.41, 5.74) is 0.349. The Kier molecular flexibility index (Phi) is 5.87. The number of piperazine rings is 1. The molecule has 28 heavy (non-hydrogen) atoms. The lowest BCUT2D eigenvalue weighted by atomic mass is 10.1. The lowest BCUT2D eigenvalue weighted by molar-refractivity contribution is -0.137. The second-order valence-electron chi connectivity index (χ2n) is 6.67. The Balaban J connectivity index is 1.63. The lowest BCUT2D eigenvalue weighted by Gasteiger charge is -2.40. The monoisotopic (exact) mass is 397 g/mol. The Bertz CT molecular complexity index is 806. The average molecular weight is 397 g/mol. The number of esters is 1. The van der Waals surface area contributed by atoms with Crippen LogP contribution >= 0.6 is 0 Å². The molecule has 2 aromatic heterocycles. The van der Waals surface area contributed by atoms with Crippen LogP contribution in [0.3, 0.4) is 0 Å². The summed E-state index contributed by atoms with van der Waals surface area (Å²) >= 11 is 0. The fraction of sp³-hybridized carbons (Fsp3) is 0.500. The molecular weight excluding hydrogens is 375 g/mol. The van der Waals surface area contributed by atoms with E-state index in [9.17, 15) is 18.0 Å². The van der Waals surface area contributed by atoms with Gasteiger partial charge in [0.2, 0.25) is 0 Å². The fourth-order valence-electron chi connectivity index (χ4n) is 3.29. The van der Waals surface area contributed by atoms with Gasteiger partial charge in [-0.2, -0.15) is 18.3 Å². The lowest BCUT2D eigenvalue weighted by Crippen LogP contribution is -2.52. The SMILES string of the molecule is CCOC(=O)c1[nH]ncc1CN1CCN(c2ccc(C(F)(F)F)cn2)[C@H](C)C1. The van der Waals surface area contributed by atoms with Crippen LogP contribution in [0.15, 0.2) is 24.5 Å². The fourth-order valence-corrected chi connectivity index (χ4v) is 3.29. The van der Waals surface area contributed by atoms with Crippen molar-refractivity contribution >= 4 is 11.8 Å². The van der Waals surface area contributed by atoms with Gasteiger partial charge in [0.15, 0.2) is 0 Å². The van der Waals surface area contributed by atoms with Gasteiger partial charge in [-0.25, -0.2) is 9.78 Å². The number of halogens is 3. The topological polar surface area (TPSA) is 74.4 Å². The molecule has 0 aromatic carbocycles. The van der Waals surface area contributed by atoms with Crippen molar-refractivity contribution in [2.45, 2.75) is 32.6 Å². The molecule has 0 spiro atoms. The van der Waals surface area contributed by atoms with Gasteiger partial charge in [-0.1, -0.05) is 0 Å². The highest BCUT2D eigenvalue weighted by Crippen LogP contribution is 2.30. The standard InChI is InChI=1S/C18H22F3N5O2/c1-3-28-17(27)16-13(8-23-24-16)11-25-6-7-26(12(2)10-25)15-5-4-14(9-22-15)18(19,20)21/h4-5,8-9,12H,3,6-7,10-11H2,1-2H3,(H,23,24)/t12-/m1/s1. The zero-order valence-electron chi connectivity index (χ0n) is 15.7. The molecule has 10 heteroatoms. The van der Waals surface area contributed by atoms with Gasteiger partial charge in [0.05, 0.1) is 18.4 Å².